The zero-order chi connectivity index (χ0) is 13.7. The van der Waals surface area contributed by atoms with Gasteiger partial charge in [-0.05, 0) is 25.7 Å². The molecular weight excluding hydrogens is 272 g/mol. The van der Waals surface area contributed by atoms with Gasteiger partial charge in [-0.15, -0.1) is 0 Å². The number of rotatable bonds is 3. The van der Waals surface area contributed by atoms with Crippen LogP contribution in [0.5, 0.6) is 0 Å². The Morgan fingerprint density at radius 3 is 2.63 bits per heavy atom. The van der Waals surface area contributed by atoms with Crippen molar-refractivity contribution in [3.05, 3.63) is 0 Å². The van der Waals surface area contributed by atoms with Gasteiger partial charge >= 0.3 is 6.03 Å². The van der Waals surface area contributed by atoms with Gasteiger partial charge in [0.2, 0.25) is 0 Å². The number of piperidine rings is 1. The summed E-state index contributed by atoms with van der Waals surface area (Å²) in [5.41, 5.74) is -1.10. The van der Waals surface area contributed by atoms with Gasteiger partial charge in [0.15, 0.2) is 0 Å². The van der Waals surface area contributed by atoms with Crippen LogP contribution in [0, 0.1) is 0 Å². The molecule has 2 saturated heterocycles. The Balaban J connectivity index is 1.77. The van der Waals surface area contributed by atoms with E-state index < -0.39 is 27.7 Å². The van der Waals surface area contributed by atoms with Crippen molar-refractivity contribution in [1.82, 2.24) is 19.7 Å². The molecule has 3 amide bonds. The van der Waals surface area contributed by atoms with Crippen LogP contribution in [0.2, 0.25) is 0 Å². The highest BCUT2D eigenvalue weighted by molar-refractivity contribution is 7.87. The van der Waals surface area contributed by atoms with Crippen molar-refractivity contribution in [1.29, 1.82) is 0 Å². The van der Waals surface area contributed by atoms with Gasteiger partial charge in [0.05, 0.1) is 0 Å². The van der Waals surface area contributed by atoms with Crippen LogP contribution in [0.3, 0.4) is 0 Å². The summed E-state index contributed by atoms with van der Waals surface area (Å²) in [6, 6.07) is -0.533. The molecule has 1 aliphatic carbocycles. The SMILES string of the molecule is O=C1NC(=O)C2(CCCN(S(=O)(=O)NC3CC3)C2)N1. The van der Waals surface area contributed by atoms with Crippen molar-refractivity contribution in [2.45, 2.75) is 37.3 Å². The maximum atomic E-state index is 12.1. The quantitative estimate of drug-likeness (QED) is 0.558. The van der Waals surface area contributed by atoms with Crippen LogP contribution in [-0.4, -0.2) is 49.3 Å². The van der Waals surface area contributed by atoms with Crippen LogP contribution in [0.1, 0.15) is 25.7 Å². The average molecular weight is 288 g/mol. The normalized spacial score (nSPS) is 32.4. The second-order valence-corrected chi connectivity index (χ2v) is 7.03. The van der Waals surface area contributed by atoms with Gasteiger partial charge in [0, 0.05) is 19.1 Å². The molecule has 0 aromatic carbocycles. The molecule has 8 nitrogen and oxygen atoms in total. The summed E-state index contributed by atoms with van der Waals surface area (Å²) in [5.74, 6) is -0.441. The summed E-state index contributed by atoms with van der Waals surface area (Å²) in [7, 11) is -3.57. The zero-order valence-corrected chi connectivity index (χ0v) is 11.1. The molecule has 0 aromatic heterocycles. The van der Waals surface area contributed by atoms with Gasteiger partial charge in [-0.25, -0.2) is 4.79 Å². The molecule has 3 aliphatic rings. The van der Waals surface area contributed by atoms with Gasteiger partial charge in [-0.3, -0.25) is 10.1 Å². The number of urea groups is 1. The van der Waals surface area contributed by atoms with E-state index in [0.717, 1.165) is 12.8 Å². The lowest BCUT2D eigenvalue weighted by Gasteiger charge is -2.37. The van der Waals surface area contributed by atoms with E-state index >= 15 is 0 Å². The van der Waals surface area contributed by atoms with Crippen molar-refractivity contribution in [3.63, 3.8) is 0 Å². The third kappa shape index (κ3) is 2.33. The van der Waals surface area contributed by atoms with Gasteiger partial charge < -0.3 is 5.32 Å². The second kappa shape index (κ2) is 4.15. The number of carbonyl (C=O) groups excluding carboxylic acids is 2. The number of amides is 3. The number of nitrogens with zero attached hydrogens (tertiary/aromatic N) is 1. The van der Waals surface area contributed by atoms with Crippen molar-refractivity contribution in [2.24, 2.45) is 0 Å². The highest BCUT2D eigenvalue weighted by Gasteiger charge is 2.50. The minimum atomic E-state index is -3.57. The van der Waals surface area contributed by atoms with Crippen LogP contribution in [-0.2, 0) is 15.0 Å². The molecule has 3 rings (SSSR count). The van der Waals surface area contributed by atoms with Crippen LogP contribution in [0.15, 0.2) is 0 Å². The predicted octanol–water partition coefficient (Wildman–Crippen LogP) is -1.34. The highest BCUT2D eigenvalue weighted by atomic mass is 32.2. The molecule has 9 heteroatoms. The van der Waals surface area contributed by atoms with Gasteiger partial charge in [0.1, 0.15) is 5.54 Å². The number of hydrogen-bond acceptors (Lipinski definition) is 4. The summed E-state index contributed by atoms with van der Waals surface area (Å²) >= 11 is 0. The molecule has 106 valence electrons. The average Bonchev–Trinajstić information content (AvgIpc) is 3.07. The molecule has 0 aromatic rings. The van der Waals surface area contributed by atoms with E-state index in [2.05, 4.69) is 15.4 Å². The fourth-order valence-corrected chi connectivity index (χ4v) is 4.09. The fourth-order valence-electron chi connectivity index (χ4n) is 2.52. The first-order valence-corrected chi connectivity index (χ1v) is 7.76. The first-order valence-electron chi connectivity index (χ1n) is 6.32. The molecule has 0 bridgehead atoms. The predicted molar refractivity (Wildman–Crippen MR) is 65.3 cm³/mol. The Hall–Kier alpha value is -1.19. The topological polar surface area (TPSA) is 108 Å². The first kappa shape index (κ1) is 12.8. The summed E-state index contributed by atoms with van der Waals surface area (Å²) < 4.78 is 28.1. The third-order valence-corrected chi connectivity index (χ3v) is 5.33. The number of carbonyl (C=O) groups is 2. The van der Waals surface area contributed by atoms with E-state index in [1.54, 1.807) is 0 Å². The van der Waals surface area contributed by atoms with Crippen molar-refractivity contribution in [2.75, 3.05) is 13.1 Å². The van der Waals surface area contributed by atoms with Crippen LogP contribution < -0.4 is 15.4 Å². The summed E-state index contributed by atoms with van der Waals surface area (Å²) in [5, 5.41) is 4.73. The van der Waals surface area contributed by atoms with Crippen LogP contribution >= 0.6 is 0 Å². The molecular formula is C10H16N4O4S. The fraction of sp³-hybridized carbons (Fsp3) is 0.800. The minimum Gasteiger partial charge on any atom is -0.322 e. The molecule has 19 heavy (non-hydrogen) atoms. The smallest absolute Gasteiger partial charge is 0.322 e. The standard InChI is InChI=1S/C10H16N4O4S/c15-8-10(12-9(16)11-8)4-1-5-14(6-10)19(17,18)13-7-2-3-7/h7,13H,1-6H2,(H2,11,12,15,16). The number of hydrogen-bond donors (Lipinski definition) is 3. The van der Waals surface area contributed by atoms with Crippen molar-refractivity contribution >= 4 is 22.1 Å². The molecule has 1 spiro atoms. The van der Waals surface area contributed by atoms with E-state index in [1.165, 1.54) is 4.31 Å². The van der Waals surface area contributed by atoms with Gasteiger partial charge in [-0.1, -0.05) is 0 Å². The van der Waals surface area contributed by atoms with Crippen LogP contribution in [0.4, 0.5) is 4.79 Å². The molecule has 2 heterocycles. The Morgan fingerprint density at radius 1 is 1.32 bits per heavy atom. The Labute approximate surface area is 111 Å². The lowest BCUT2D eigenvalue weighted by molar-refractivity contribution is -0.125. The zero-order valence-electron chi connectivity index (χ0n) is 10.3. The van der Waals surface area contributed by atoms with E-state index in [9.17, 15) is 18.0 Å². The monoisotopic (exact) mass is 288 g/mol. The number of nitrogens with one attached hydrogen (secondary N) is 3. The minimum absolute atomic E-state index is 0.00731. The Bertz CT molecular complexity index is 530. The Morgan fingerprint density at radius 2 is 2.05 bits per heavy atom. The van der Waals surface area contributed by atoms with Crippen molar-refractivity contribution in [3.8, 4) is 0 Å². The molecule has 0 radical (unpaired) electrons. The molecule has 2 aliphatic heterocycles. The summed E-state index contributed by atoms with van der Waals surface area (Å²) in [6.45, 7) is 0.361. The summed E-state index contributed by atoms with van der Waals surface area (Å²) in [4.78, 5) is 23.1. The van der Waals surface area contributed by atoms with E-state index in [0.29, 0.717) is 19.4 Å². The maximum Gasteiger partial charge on any atom is 0.322 e. The largest absolute Gasteiger partial charge is 0.322 e. The van der Waals surface area contributed by atoms with Crippen molar-refractivity contribution < 1.29 is 18.0 Å². The van der Waals surface area contributed by atoms with Gasteiger partial charge in [0.25, 0.3) is 16.1 Å². The van der Waals surface area contributed by atoms with Gasteiger partial charge in [-0.2, -0.15) is 17.4 Å². The first-order chi connectivity index (χ1) is 8.91. The van der Waals surface area contributed by atoms with Crippen LogP contribution in [0.25, 0.3) is 0 Å². The molecule has 3 N–H and O–H groups in total. The lowest BCUT2D eigenvalue weighted by atomic mass is 9.90. The van der Waals surface area contributed by atoms with E-state index in [4.69, 9.17) is 0 Å². The number of imide groups is 1. The molecule has 3 fully saturated rings. The molecule has 1 unspecified atom stereocenters. The molecule has 1 saturated carbocycles. The Kier molecular flexibility index (Phi) is 2.80. The highest BCUT2D eigenvalue weighted by Crippen LogP contribution is 2.27. The lowest BCUT2D eigenvalue weighted by Crippen LogP contribution is -2.61. The third-order valence-electron chi connectivity index (χ3n) is 3.70. The van der Waals surface area contributed by atoms with E-state index in [-0.39, 0.29) is 12.6 Å². The maximum absolute atomic E-state index is 12.1. The van der Waals surface area contributed by atoms with E-state index in [1.807, 2.05) is 0 Å². The summed E-state index contributed by atoms with van der Waals surface area (Å²) in [6.07, 6.45) is 2.71. The molecule has 1 atom stereocenters. The second-order valence-electron chi connectivity index (χ2n) is 5.32.